The van der Waals surface area contributed by atoms with Crippen molar-refractivity contribution in [2.75, 3.05) is 7.11 Å². The van der Waals surface area contributed by atoms with E-state index in [4.69, 9.17) is 9.84 Å². The molecule has 0 bridgehead atoms. The van der Waals surface area contributed by atoms with Crippen molar-refractivity contribution in [3.63, 3.8) is 0 Å². The third-order valence-corrected chi connectivity index (χ3v) is 2.83. The first kappa shape index (κ1) is 13.5. The number of rotatable bonds is 4. The zero-order valence-corrected chi connectivity index (χ0v) is 10.6. The van der Waals surface area contributed by atoms with Crippen molar-refractivity contribution in [1.29, 1.82) is 0 Å². The van der Waals surface area contributed by atoms with Crippen molar-refractivity contribution in [3.8, 4) is 16.9 Å². The molecule has 20 heavy (non-hydrogen) atoms. The van der Waals surface area contributed by atoms with Crippen LogP contribution in [-0.4, -0.2) is 23.1 Å². The van der Waals surface area contributed by atoms with E-state index in [-0.39, 0.29) is 11.3 Å². The van der Waals surface area contributed by atoms with Gasteiger partial charge in [0.15, 0.2) is 0 Å². The molecule has 2 aromatic rings. The first-order chi connectivity index (χ1) is 9.54. The van der Waals surface area contributed by atoms with Crippen LogP contribution >= 0.6 is 0 Å². The van der Waals surface area contributed by atoms with Crippen molar-refractivity contribution in [2.45, 2.75) is 0 Å². The van der Waals surface area contributed by atoms with Gasteiger partial charge in [0, 0.05) is 5.56 Å². The summed E-state index contributed by atoms with van der Waals surface area (Å²) in [5.41, 5.74) is 0.363. The summed E-state index contributed by atoms with van der Waals surface area (Å²) < 4.78 is 5.13. The number of carboxylic acids is 1. The van der Waals surface area contributed by atoms with Gasteiger partial charge in [0.2, 0.25) is 0 Å². The minimum absolute atomic E-state index is 0.257. The fourth-order valence-electron chi connectivity index (χ4n) is 1.90. The first-order valence-corrected chi connectivity index (χ1v) is 5.69. The highest BCUT2D eigenvalue weighted by Gasteiger charge is 2.23. The van der Waals surface area contributed by atoms with Gasteiger partial charge >= 0.3 is 5.97 Å². The van der Waals surface area contributed by atoms with Crippen LogP contribution in [-0.2, 0) is 0 Å². The van der Waals surface area contributed by atoms with E-state index in [0.29, 0.717) is 5.56 Å². The quantitative estimate of drug-likeness (QED) is 0.683. The largest absolute Gasteiger partial charge is 0.496 e. The number of ether oxygens (including phenoxy) is 1. The van der Waals surface area contributed by atoms with Crippen molar-refractivity contribution in [1.82, 2.24) is 0 Å². The van der Waals surface area contributed by atoms with E-state index in [1.807, 2.05) is 6.07 Å². The van der Waals surface area contributed by atoms with Crippen LogP contribution < -0.4 is 4.74 Å². The van der Waals surface area contributed by atoms with E-state index >= 15 is 0 Å². The Morgan fingerprint density at radius 1 is 1.25 bits per heavy atom. The number of hydrogen-bond acceptors (Lipinski definition) is 4. The molecular formula is C14H11NO5. The van der Waals surface area contributed by atoms with Crippen molar-refractivity contribution < 1.29 is 19.6 Å². The van der Waals surface area contributed by atoms with Crippen LogP contribution in [0.25, 0.3) is 11.1 Å². The zero-order chi connectivity index (χ0) is 14.7. The first-order valence-electron chi connectivity index (χ1n) is 5.69. The highest BCUT2D eigenvalue weighted by Crippen LogP contribution is 2.35. The molecule has 0 aromatic heterocycles. The van der Waals surface area contributed by atoms with Gasteiger partial charge in [-0.3, -0.25) is 10.1 Å². The fraction of sp³-hybridized carbons (Fsp3) is 0.0714. The van der Waals surface area contributed by atoms with Crippen molar-refractivity contribution >= 4 is 11.7 Å². The van der Waals surface area contributed by atoms with Gasteiger partial charge < -0.3 is 9.84 Å². The molecule has 0 fully saturated rings. The number of carbonyl (C=O) groups is 1. The molecule has 0 unspecified atom stereocenters. The smallest absolute Gasteiger partial charge is 0.342 e. The van der Waals surface area contributed by atoms with Gasteiger partial charge in [0.1, 0.15) is 11.3 Å². The molecule has 0 aliphatic heterocycles. The van der Waals surface area contributed by atoms with Gasteiger partial charge in [-0.05, 0) is 11.6 Å². The topological polar surface area (TPSA) is 89.7 Å². The van der Waals surface area contributed by atoms with E-state index in [2.05, 4.69) is 0 Å². The number of nitro groups is 1. The van der Waals surface area contributed by atoms with Gasteiger partial charge in [-0.25, -0.2) is 4.79 Å². The monoisotopic (exact) mass is 273 g/mol. The Labute approximate surface area is 114 Å². The van der Waals surface area contributed by atoms with Crippen LogP contribution in [0, 0.1) is 10.1 Å². The summed E-state index contributed by atoms with van der Waals surface area (Å²) in [6.07, 6.45) is 0. The van der Waals surface area contributed by atoms with E-state index in [1.54, 1.807) is 24.3 Å². The van der Waals surface area contributed by atoms with E-state index in [0.717, 1.165) is 11.6 Å². The van der Waals surface area contributed by atoms with Crippen LogP contribution in [0.5, 0.6) is 5.75 Å². The summed E-state index contributed by atoms with van der Waals surface area (Å²) >= 11 is 0. The maximum absolute atomic E-state index is 11.2. The second-order valence-corrected chi connectivity index (χ2v) is 4.00. The molecule has 0 atom stereocenters. The third kappa shape index (κ3) is 2.44. The van der Waals surface area contributed by atoms with Gasteiger partial charge in [0.25, 0.3) is 5.69 Å². The summed E-state index contributed by atoms with van der Waals surface area (Å²) in [4.78, 5) is 21.4. The lowest BCUT2D eigenvalue weighted by atomic mass is 10.0. The normalized spacial score (nSPS) is 10.1. The molecule has 0 amide bonds. The number of hydrogen-bond donors (Lipinski definition) is 1. The summed E-state index contributed by atoms with van der Waals surface area (Å²) in [6, 6.07) is 11.3. The molecule has 1 N–H and O–H groups in total. The Balaban J connectivity index is 2.72. The number of nitro benzene ring substituents is 1. The average Bonchev–Trinajstić information content (AvgIpc) is 2.46. The summed E-state index contributed by atoms with van der Waals surface area (Å²) in [7, 11) is 1.38. The predicted octanol–water partition coefficient (Wildman–Crippen LogP) is 2.97. The minimum Gasteiger partial charge on any atom is -0.496 e. The molecule has 0 spiro atoms. The number of nitrogens with zero attached hydrogens (tertiary/aromatic N) is 1. The molecular weight excluding hydrogens is 262 g/mol. The highest BCUT2D eigenvalue weighted by atomic mass is 16.6. The van der Waals surface area contributed by atoms with E-state index < -0.39 is 16.6 Å². The Bertz CT molecular complexity index is 667. The number of benzene rings is 2. The summed E-state index contributed by atoms with van der Waals surface area (Å²) in [5, 5.41) is 20.0. The van der Waals surface area contributed by atoms with Crippen molar-refractivity contribution in [2.24, 2.45) is 0 Å². The lowest BCUT2D eigenvalue weighted by Gasteiger charge is -2.10. The van der Waals surface area contributed by atoms with Gasteiger partial charge in [-0.1, -0.05) is 30.3 Å². The van der Waals surface area contributed by atoms with Crippen molar-refractivity contribution in [3.05, 3.63) is 58.1 Å². The van der Waals surface area contributed by atoms with Crippen LogP contribution in [0.1, 0.15) is 10.4 Å². The SMILES string of the molecule is COc1cc([N+](=O)[O-])c(C(=O)O)cc1-c1ccccc1. The molecule has 2 aromatic carbocycles. The lowest BCUT2D eigenvalue weighted by Crippen LogP contribution is -2.04. The predicted molar refractivity (Wildman–Crippen MR) is 72.0 cm³/mol. The lowest BCUT2D eigenvalue weighted by molar-refractivity contribution is -0.385. The number of aromatic carboxylic acids is 1. The molecule has 0 radical (unpaired) electrons. The third-order valence-electron chi connectivity index (χ3n) is 2.83. The summed E-state index contributed by atoms with van der Waals surface area (Å²) in [6.45, 7) is 0. The van der Waals surface area contributed by atoms with Gasteiger partial charge in [-0.2, -0.15) is 0 Å². The van der Waals surface area contributed by atoms with Gasteiger partial charge in [-0.15, -0.1) is 0 Å². The Hall–Kier alpha value is -2.89. The zero-order valence-electron chi connectivity index (χ0n) is 10.6. The van der Waals surface area contributed by atoms with E-state index in [1.165, 1.54) is 13.2 Å². The molecule has 2 rings (SSSR count). The Kier molecular flexibility index (Phi) is 3.65. The average molecular weight is 273 g/mol. The summed E-state index contributed by atoms with van der Waals surface area (Å²) in [5.74, 6) is -1.09. The second-order valence-electron chi connectivity index (χ2n) is 4.00. The van der Waals surface area contributed by atoms with Gasteiger partial charge in [0.05, 0.1) is 18.1 Å². The maximum atomic E-state index is 11.2. The molecule has 0 aliphatic carbocycles. The number of methoxy groups -OCH3 is 1. The van der Waals surface area contributed by atoms with Crippen LogP contribution in [0.2, 0.25) is 0 Å². The molecule has 102 valence electrons. The second kappa shape index (κ2) is 5.40. The fourth-order valence-corrected chi connectivity index (χ4v) is 1.90. The minimum atomic E-state index is -1.35. The molecule has 0 heterocycles. The molecule has 0 saturated carbocycles. The highest BCUT2D eigenvalue weighted by molar-refractivity contribution is 5.95. The standard InChI is InChI=1S/C14H11NO5/c1-20-13-8-12(15(18)19)11(14(16)17)7-10(13)9-5-3-2-4-6-9/h2-8H,1H3,(H,16,17). The number of carboxylic acid groups (broad SMARTS) is 1. The van der Waals surface area contributed by atoms with Crippen LogP contribution in [0.3, 0.4) is 0 Å². The van der Waals surface area contributed by atoms with E-state index in [9.17, 15) is 14.9 Å². The Morgan fingerprint density at radius 3 is 2.40 bits per heavy atom. The molecule has 6 heteroatoms. The molecule has 6 nitrogen and oxygen atoms in total. The van der Waals surface area contributed by atoms with Crippen LogP contribution in [0.4, 0.5) is 5.69 Å². The Morgan fingerprint density at radius 2 is 1.90 bits per heavy atom. The van der Waals surface area contributed by atoms with Crippen LogP contribution in [0.15, 0.2) is 42.5 Å². The molecule has 0 aliphatic rings. The molecule has 0 saturated heterocycles. The maximum Gasteiger partial charge on any atom is 0.342 e.